The number of anilines is 1. The van der Waals surface area contributed by atoms with Crippen molar-refractivity contribution < 1.29 is 13.7 Å². The Kier molecular flexibility index (Phi) is 4.46. The van der Waals surface area contributed by atoms with E-state index in [-0.39, 0.29) is 12.2 Å². The molecule has 6 nitrogen and oxygen atoms in total. The van der Waals surface area contributed by atoms with Crippen LogP contribution in [0.25, 0.3) is 0 Å². The van der Waals surface area contributed by atoms with Crippen LogP contribution >= 0.6 is 0 Å². The van der Waals surface area contributed by atoms with Crippen LogP contribution in [0.5, 0.6) is 0 Å². The van der Waals surface area contributed by atoms with Gasteiger partial charge in [-0.05, 0) is 6.42 Å². The van der Waals surface area contributed by atoms with Crippen LogP contribution in [0.3, 0.4) is 0 Å². The fourth-order valence-corrected chi connectivity index (χ4v) is 1.92. The first-order valence-electron chi connectivity index (χ1n) is 6.40. The summed E-state index contributed by atoms with van der Waals surface area (Å²) in [6, 6.07) is 1.29. The van der Waals surface area contributed by atoms with Crippen molar-refractivity contribution in [2.75, 3.05) is 5.32 Å². The summed E-state index contributed by atoms with van der Waals surface area (Å²) < 4.78 is 28.4. The van der Waals surface area contributed by atoms with E-state index in [1.54, 1.807) is 17.1 Å². The minimum absolute atomic E-state index is 0.160. The second-order valence-corrected chi connectivity index (χ2v) is 4.50. The Morgan fingerprint density at radius 1 is 1.43 bits per heavy atom. The number of nitrogens with one attached hydrogen (secondary N) is 1. The summed E-state index contributed by atoms with van der Waals surface area (Å²) in [5.74, 6) is -1.98. The molecule has 2 rings (SSSR count). The van der Waals surface area contributed by atoms with Crippen molar-refractivity contribution in [3.05, 3.63) is 51.8 Å². The Morgan fingerprint density at radius 2 is 2.19 bits per heavy atom. The molecule has 0 unspecified atom stereocenters. The van der Waals surface area contributed by atoms with Crippen molar-refractivity contribution in [3.8, 4) is 0 Å². The van der Waals surface area contributed by atoms with Gasteiger partial charge in [-0.25, -0.2) is 8.78 Å². The molecule has 1 aromatic heterocycles. The molecule has 0 atom stereocenters. The van der Waals surface area contributed by atoms with E-state index in [0.29, 0.717) is 12.1 Å². The maximum Gasteiger partial charge on any atom is 0.298 e. The van der Waals surface area contributed by atoms with Crippen LogP contribution in [0.4, 0.5) is 20.2 Å². The second kappa shape index (κ2) is 6.29. The van der Waals surface area contributed by atoms with Gasteiger partial charge in [0.1, 0.15) is 11.5 Å². The Bertz CT molecular complexity index is 658. The highest BCUT2D eigenvalue weighted by Gasteiger charge is 2.20. The van der Waals surface area contributed by atoms with Gasteiger partial charge in [-0.1, -0.05) is 6.92 Å². The predicted molar refractivity (Wildman–Crippen MR) is 72.9 cm³/mol. The third-order valence-corrected chi connectivity index (χ3v) is 2.84. The summed E-state index contributed by atoms with van der Waals surface area (Å²) in [5, 5.41) is 17.6. The van der Waals surface area contributed by atoms with Crippen molar-refractivity contribution in [3.63, 3.8) is 0 Å². The van der Waals surface area contributed by atoms with Gasteiger partial charge in [-0.15, -0.1) is 0 Å². The van der Waals surface area contributed by atoms with Gasteiger partial charge >= 0.3 is 0 Å². The Morgan fingerprint density at radius 3 is 2.86 bits per heavy atom. The number of aryl methyl sites for hydroxylation is 1. The monoisotopic (exact) mass is 296 g/mol. The molecule has 1 N–H and O–H groups in total. The van der Waals surface area contributed by atoms with Crippen LogP contribution in [0.2, 0.25) is 0 Å². The fraction of sp³-hybridized carbons (Fsp3) is 0.308. The largest absolute Gasteiger partial charge is 0.373 e. The molecular formula is C13H14F2N4O2. The van der Waals surface area contributed by atoms with Gasteiger partial charge in [-0.2, -0.15) is 5.10 Å². The Balaban J connectivity index is 2.17. The van der Waals surface area contributed by atoms with Crippen LogP contribution < -0.4 is 5.32 Å². The lowest BCUT2D eigenvalue weighted by atomic mass is 10.2. The lowest BCUT2D eigenvalue weighted by Gasteiger charge is -2.07. The number of nitrogens with zero attached hydrogens (tertiary/aromatic N) is 3. The predicted octanol–water partition coefficient (Wildman–Crippen LogP) is 3.09. The maximum atomic E-state index is 13.7. The molecule has 112 valence electrons. The number of benzene rings is 1. The summed E-state index contributed by atoms with van der Waals surface area (Å²) in [5.41, 5.74) is -0.209. The molecule has 0 amide bonds. The van der Waals surface area contributed by atoms with E-state index in [9.17, 15) is 18.9 Å². The van der Waals surface area contributed by atoms with Crippen LogP contribution in [0, 0.1) is 21.7 Å². The fourth-order valence-electron chi connectivity index (χ4n) is 1.92. The summed E-state index contributed by atoms with van der Waals surface area (Å²) in [6.45, 7) is 2.93. The molecular weight excluding hydrogens is 282 g/mol. The summed E-state index contributed by atoms with van der Waals surface area (Å²) in [4.78, 5) is 10.0. The van der Waals surface area contributed by atoms with E-state index >= 15 is 0 Å². The molecule has 0 aliphatic rings. The molecule has 0 fully saturated rings. The molecule has 1 aromatic carbocycles. The highest BCUT2D eigenvalue weighted by molar-refractivity contribution is 5.62. The number of rotatable bonds is 6. The Hall–Kier alpha value is -2.51. The summed E-state index contributed by atoms with van der Waals surface area (Å²) in [6.07, 6.45) is 4.28. The average Bonchev–Trinajstić information content (AvgIpc) is 2.85. The van der Waals surface area contributed by atoms with E-state index in [0.717, 1.165) is 18.5 Å². The smallest absolute Gasteiger partial charge is 0.298 e. The van der Waals surface area contributed by atoms with Crippen molar-refractivity contribution in [1.29, 1.82) is 0 Å². The first kappa shape index (κ1) is 14.9. The highest BCUT2D eigenvalue weighted by atomic mass is 19.1. The van der Waals surface area contributed by atoms with Crippen LogP contribution in [-0.2, 0) is 13.1 Å². The molecule has 2 aromatic rings. The molecule has 0 radical (unpaired) electrons. The second-order valence-electron chi connectivity index (χ2n) is 4.50. The number of nitro groups is 1. The summed E-state index contributed by atoms with van der Waals surface area (Å²) >= 11 is 0. The van der Waals surface area contributed by atoms with Crippen LogP contribution in [0.1, 0.15) is 18.9 Å². The lowest BCUT2D eigenvalue weighted by molar-refractivity contribution is -0.384. The number of aromatic nitrogens is 2. The van der Waals surface area contributed by atoms with Crippen molar-refractivity contribution in [2.45, 2.75) is 26.4 Å². The Labute approximate surface area is 119 Å². The standard InChI is InChI=1S/C13H14F2N4O2/c1-2-3-18-8-9(7-17-18)6-16-13-11(15)4-10(14)5-12(13)19(20)21/h4-5,7-8,16H,2-3,6H2,1H3. The molecule has 0 spiro atoms. The topological polar surface area (TPSA) is 73.0 Å². The van der Waals surface area contributed by atoms with Crippen molar-refractivity contribution in [2.24, 2.45) is 0 Å². The quantitative estimate of drug-likeness (QED) is 0.656. The van der Waals surface area contributed by atoms with Gasteiger partial charge in [0.05, 0.1) is 17.2 Å². The van der Waals surface area contributed by atoms with Crippen LogP contribution in [-0.4, -0.2) is 14.7 Å². The zero-order valence-corrected chi connectivity index (χ0v) is 11.3. The van der Waals surface area contributed by atoms with E-state index in [1.807, 2.05) is 6.92 Å². The summed E-state index contributed by atoms with van der Waals surface area (Å²) in [7, 11) is 0. The lowest BCUT2D eigenvalue weighted by Crippen LogP contribution is -2.05. The molecule has 0 aliphatic carbocycles. The maximum absolute atomic E-state index is 13.7. The normalized spacial score (nSPS) is 10.6. The van der Waals surface area contributed by atoms with Gasteiger partial charge in [0.2, 0.25) is 0 Å². The van der Waals surface area contributed by atoms with Gasteiger partial charge in [0, 0.05) is 30.9 Å². The first-order chi connectivity index (χ1) is 10.0. The van der Waals surface area contributed by atoms with Gasteiger partial charge in [0.15, 0.2) is 5.82 Å². The SMILES string of the molecule is CCCn1cc(CNc2c(F)cc(F)cc2[N+](=O)[O-])cn1. The molecule has 0 bridgehead atoms. The van der Waals surface area contributed by atoms with E-state index in [1.165, 1.54) is 0 Å². The highest BCUT2D eigenvalue weighted by Crippen LogP contribution is 2.29. The molecule has 0 saturated carbocycles. The van der Waals surface area contributed by atoms with Crippen molar-refractivity contribution in [1.82, 2.24) is 9.78 Å². The number of hydrogen-bond acceptors (Lipinski definition) is 4. The van der Waals surface area contributed by atoms with E-state index in [4.69, 9.17) is 0 Å². The number of halogens is 2. The third-order valence-electron chi connectivity index (χ3n) is 2.84. The van der Waals surface area contributed by atoms with Crippen LogP contribution in [0.15, 0.2) is 24.5 Å². The molecule has 1 heterocycles. The molecule has 21 heavy (non-hydrogen) atoms. The zero-order chi connectivity index (χ0) is 15.4. The van der Waals surface area contributed by atoms with Crippen molar-refractivity contribution >= 4 is 11.4 Å². The number of nitro benzene ring substituents is 1. The molecule has 8 heteroatoms. The van der Waals surface area contributed by atoms with E-state index < -0.39 is 22.2 Å². The third kappa shape index (κ3) is 3.53. The number of hydrogen-bond donors (Lipinski definition) is 1. The average molecular weight is 296 g/mol. The first-order valence-corrected chi connectivity index (χ1v) is 6.40. The van der Waals surface area contributed by atoms with E-state index in [2.05, 4.69) is 10.4 Å². The van der Waals surface area contributed by atoms with Gasteiger partial charge in [-0.3, -0.25) is 14.8 Å². The zero-order valence-electron chi connectivity index (χ0n) is 11.3. The minimum atomic E-state index is -0.998. The molecule has 0 saturated heterocycles. The minimum Gasteiger partial charge on any atom is -0.373 e. The van der Waals surface area contributed by atoms with Gasteiger partial charge in [0.25, 0.3) is 5.69 Å². The molecule has 0 aliphatic heterocycles. The van der Waals surface area contributed by atoms with Gasteiger partial charge < -0.3 is 5.32 Å².